The molecule has 1 aromatic carbocycles. The number of phenols is 1. The highest BCUT2D eigenvalue weighted by Gasteiger charge is 2.28. The molecule has 0 bridgehead atoms. The zero-order valence-corrected chi connectivity index (χ0v) is 13.4. The standard InChI is InChI=1S/C17H20N4O2/c1-10-4-5-19-8-13(10)17-20-11(2)9-21(17)14-6-12(22)7-15(23-3)16(14)18/h4-8,11,22H,9,18H2,1-3H3. The maximum absolute atomic E-state index is 9.97. The van der Waals surface area contributed by atoms with Crippen LogP contribution in [-0.2, 0) is 0 Å². The van der Waals surface area contributed by atoms with Gasteiger partial charge in [0.15, 0.2) is 0 Å². The zero-order chi connectivity index (χ0) is 16.6. The van der Waals surface area contributed by atoms with Crippen LogP contribution in [0.15, 0.2) is 35.6 Å². The van der Waals surface area contributed by atoms with Crippen molar-refractivity contribution in [2.75, 3.05) is 24.3 Å². The number of aliphatic imine (C=N–C) groups is 1. The number of nitrogens with two attached hydrogens (primary N) is 1. The van der Waals surface area contributed by atoms with Gasteiger partial charge in [0.2, 0.25) is 0 Å². The molecule has 0 saturated heterocycles. The van der Waals surface area contributed by atoms with Gasteiger partial charge >= 0.3 is 0 Å². The van der Waals surface area contributed by atoms with Gasteiger partial charge in [0.05, 0.1) is 24.5 Å². The van der Waals surface area contributed by atoms with Crippen LogP contribution in [0.25, 0.3) is 0 Å². The van der Waals surface area contributed by atoms with Gasteiger partial charge in [-0.3, -0.25) is 9.98 Å². The second-order valence-electron chi connectivity index (χ2n) is 5.68. The lowest BCUT2D eigenvalue weighted by Gasteiger charge is -2.24. The summed E-state index contributed by atoms with van der Waals surface area (Å²) in [6.45, 7) is 4.75. The molecule has 0 radical (unpaired) electrons. The molecule has 6 heteroatoms. The summed E-state index contributed by atoms with van der Waals surface area (Å²) in [5, 5.41) is 9.97. The molecule has 0 saturated carbocycles. The molecule has 1 atom stereocenters. The normalized spacial score (nSPS) is 17.3. The fourth-order valence-corrected chi connectivity index (χ4v) is 2.79. The number of aryl methyl sites for hydroxylation is 1. The minimum atomic E-state index is 0.105. The minimum absolute atomic E-state index is 0.105. The van der Waals surface area contributed by atoms with E-state index in [1.165, 1.54) is 13.2 Å². The van der Waals surface area contributed by atoms with Crippen LogP contribution in [0.4, 0.5) is 11.4 Å². The molecule has 1 aliphatic rings. The van der Waals surface area contributed by atoms with E-state index in [2.05, 4.69) is 4.98 Å². The SMILES string of the molecule is COc1cc(O)cc(N2CC(C)N=C2c2cnccc2C)c1N. The number of nitrogens with zero attached hydrogens (tertiary/aromatic N) is 3. The Hall–Kier alpha value is -2.76. The van der Waals surface area contributed by atoms with Gasteiger partial charge in [-0.25, -0.2) is 0 Å². The number of nitrogen functional groups attached to an aromatic ring is 1. The lowest BCUT2D eigenvalue weighted by Crippen LogP contribution is -2.30. The Bertz CT molecular complexity index is 773. The van der Waals surface area contributed by atoms with Crippen molar-refractivity contribution in [3.8, 4) is 11.5 Å². The van der Waals surface area contributed by atoms with E-state index in [4.69, 9.17) is 15.5 Å². The van der Waals surface area contributed by atoms with E-state index in [0.717, 1.165) is 17.0 Å². The Morgan fingerprint density at radius 1 is 1.39 bits per heavy atom. The number of methoxy groups -OCH3 is 1. The average Bonchev–Trinajstić information content (AvgIpc) is 2.91. The molecule has 1 unspecified atom stereocenters. The highest BCUT2D eigenvalue weighted by molar-refractivity contribution is 6.13. The number of anilines is 2. The molecule has 120 valence electrons. The van der Waals surface area contributed by atoms with Crippen LogP contribution in [0.5, 0.6) is 11.5 Å². The number of hydrogen-bond donors (Lipinski definition) is 2. The first-order valence-electron chi connectivity index (χ1n) is 7.44. The second-order valence-corrected chi connectivity index (χ2v) is 5.68. The molecular formula is C17H20N4O2. The number of aromatic hydroxyl groups is 1. The van der Waals surface area contributed by atoms with Crippen LogP contribution in [0.2, 0.25) is 0 Å². The Kier molecular flexibility index (Phi) is 3.82. The van der Waals surface area contributed by atoms with Crippen molar-refractivity contribution >= 4 is 17.2 Å². The van der Waals surface area contributed by atoms with Crippen LogP contribution in [0.3, 0.4) is 0 Å². The van der Waals surface area contributed by atoms with Crippen molar-refractivity contribution in [2.45, 2.75) is 19.9 Å². The molecule has 6 nitrogen and oxygen atoms in total. The van der Waals surface area contributed by atoms with Gasteiger partial charge in [-0.2, -0.15) is 0 Å². The number of phenolic OH excluding ortho intramolecular Hbond substituents is 1. The molecule has 1 aliphatic heterocycles. The van der Waals surface area contributed by atoms with E-state index in [-0.39, 0.29) is 11.8 Å². The predicted molar refractivity (Wildman–Crippen MR) is 91.4 cm³/mol. The third kappa shape index (κ3) is 2.67. The Morgan fingerprint density at radius 2 is 2.17 bits per heavy atom. The number of hydrogen-bond acceptors (Lipinski definition) is 6. The summed E-state index contributed by atoms with van der Waals surface area (Å²) in [5.74, 6) is 1.36. The van der Waals surface area contributed by atoms with Crippen molar-refractivity contribution in [1.82, 2.24) is 4.98 Å². The van der Waals surface area contributed by atoms with E-state index in [9.17, 15) is 5.11 Å². The maximum Gasteiger partial charge on any atom is 0.147 e. The molecule has 3 rings (SSSR count). The first-order chi connectivity index (χ1) is 11.0. The first-order valence-corrected chi connectivity index (χ1v) is 7.44. The number of amidine groups is 1. The Labute approximate surface area is 135 Å². The van der Waals surface area contributed by atoms with E-state index >= 15 is 0 Å². The fraction of sp³-hybridized carbons (Fsp3) is 0.294. The predicted octanol–water partition coefficient (Wildman–Crippen LogP) is 2.34. The van der Waals surface area contributed by atoms with Crippen LogP contribution in [0.1, 0.15) is 18.1 Å². The Morgan fingerprint density at radius 3 is 2.87 bits per heavy atom. The van der Waals surface area contributed by atoms with Gasteiger partial charge in [-0.05, 0) is 25.5 Å². The fourth-order valence-electron chi connectivity index (χ4n) is 2.79. The number of aromatic nitrogens is 1. The van der Waals surface area contributed by atoms with Crippen LogP contribution < -0.4 is 15.4 Å². The molecule has 0 fully saturated rings. The first kappa shape index (κ1) is 15.1. The van der Waals surface area contributed by atoms with E-state index in [1.807, 2.05) is 24.8 Å². The zero-order valence-electron chi connectivity index (χ0n) is 13.4. The van der Waals surface area contributed by atoms with Crippen molar-refractivity contribution in [3.63, 3.8) is 0 Å². The molecule has 2 aromatic rings. The lowest BCUT2D eigenvalue weighted by molar-refractivity contribution is 0.410. The lowest BCUT2D eigenvalue weighted by atomic mass is 10.1. The molecular weight excluding hydrogens is 292 g/mol. The molecule has 0 aliphatic carbocycles. The van der Waals surface area contributed by atoms with Crippen molar-refractivity contribution in [2.24, 2.45) is 4.99 Å². The van der Waals surface area contributed by atoms with Crippen molar-refractivity contribution in [1.29, 1.82) is 0 Å². The van der Waals surface area contributed by atoms with E-state index in [1.54, 1.807) is 18.5 Å². The van der Waals surface area contributed by atoms with Gasteiger partial charge < -0.3 is 20.5 Å². The van der Waals surface area contributed by atoms with Crippen LogP contribution in [-0.4, -0.2) is 35.6 Å². The van der Waals surface area contributed by atoms with Gasteiger partial charge in [-0.1, -0.05) is 0 Å². The smallest absolute Gasteiger partial charge is 0.147 e. The van der Waals surface area contributed by atoms with E-state index < -0.39 is 0 Å². The quantitative estimate of drug-likeness (QED) is 0.671. The summed E-state index contributed by atoms with van der Waals surface area (Å²) in [5.41, 5.74) is 9.43. The summed E-state index contributed by atoms with van der Waals surface area (Å²) in [6, 6.07) is 5.21. The monoisotopic (exact) mass is 312 g/mol. The van der Waals surface area contributed by atoms with Gasteiger partial charge in [0, 0.05) is 36.6 Å². The van der Waals surface area contributed by atoms with Crippen LogP contribution in [0, 0.1) is 6.92 Å². The third-order valence-electron chi connectivity index (χ3n) is 3.94. The molecule has 23 heavy (non-hydrogen) atoms. The summed E-state index contributed by atoms with van der Waals surface area (Å²) >= 11 is 0. The molecule has 0 spiro atoms. The number of ether oxygens (including phenoxy) is 1. The highest BCUT2D eigenvalue weighted by Crippen LogP contribution is 2.38. The van der Waals surface area contributed by atoms with Gasteiger partial charge in [0.25, 0.3) is 0 Å². The number of benzene rings is 1. The number of pyridine rings is 1. The van der Waals surface area contributed by atoms with Crippen LogP contribution >= 0.6 is 0 Å². The minimum Gasteiger partial charge on any atom is -0.508 e. The largest absolute Gasteiger partial charge is 0.508 e. The van der Waals surface area contributed by atoms with E-state index in [0.29, 0.717) is 23.7 Å². The molecule has 3 N–H and O–H groups in total. The average molecular weight is 312 g/mol. The molecule has 2 heterocycles. The summed E-state index contributed by atoms with van der Waals surface area (Å²) in [4.78, 5) is 10.9. The second kappa shape index (κ2) is 5.79. The summed E-state index contributed by atoms with van der Waals surface area (Å²) in [6.07, 6.45) is 3.56. The molecule has 0 amide bonds. The Balaban J connectivity index is 2.12. The maximum atomic E-state index is 9.97. The summed E-state index contributed by atoms with van der Waals surface area (Å²) in [7, 11) is 1.53. The molecule has 1 aromatic heterocycles. The van der Waals surface area contributed by atoms with Crippen molar-refractivity contribution in [3.05, 3.63) is 41.7 Å². The topological polar surface area (TPSA) is 84.0 Å². The third-order valence-corrected chi connectivity index (χ3v) is 3.94. The van der Waals surface area contributed by atoms with Gasteiger partial charge in [0.1, 0.15) is 17.3 Å². The van der Waals surface area contributed by atoms with Crippen molar-refractivity contribution < 1.29 is 9.84 Å². The van der Waals surface area contributed by atoms with Gasteiger partial charge in [-0.15, -0.1) is 0 Å². The number of rotatable bonds is 3. The summed E-state index contributed by atoms with van der Waals surface area (Å²) < 4.78 is 5.25. The highest BCUT2D eigenvalue weighted by atomic mass is 16.5.